The predicted octanol–water partition coefficient (Wildman–Crippen LogP) is 1.54. The lowest BCUT2D eigenvalue weighted by molar-refractivity contribution is 0.495. The third-order valence-electron chi connectivity index (χ3n) is 2.79. The van der Waals surface area contributed by atoms with E-state index in [4.69, 9.17) is 5.73 Å². The van der Waals surface area contributed by atoms with Gasteiger partial charge in [-0.2, -0.15) is 5.10 Å². The number of halogens is 1. The Balaban J connectivity index is 2.28. The number of nitrogens with zero attached hydrogens (tertiary/aromatic N) is 3. The van der Waals surface area contributed by atoms with E-state index in [0.29, 0.717) is 23.2 Å². The first kappa shape index (κ1) is 16.5. The smallest absolute Gasteiger partial charge is 0.264 e. The Kier molecular flexibility index (Phi) is 4.87. The number of hydrogen-bond donors (Lipinski definition) is 2. The van der Waals surface area contributed by atoms with Gasteiger partial charge in [0.15, 0.2) is 0 Å². The topological polar surface area (TPSA) is 100 Å². The quantitative estimate of drug-likeness (QED) is 0.468. The molecule has 1 aromatic rings. The average Bonchev–Trinajstić information content (AvgIpc) is 2.87. The molecule has 0 bridgehead atoms. The molecule has 7 nitrogen and oxygen atoms in total. The van der Waals surface area contributed by atoms with Crippen LogP contribution in [0.2, 0.25) is 0 Å². The maximum atomic E-state index is 12.5. The molecule has 0 fully saturated rings. The summed E-state index contributed by atoms with van der Waals surface area (Å²) in [4.78, 5) is 4.24. The summed E-state index contributed by atoms with van der Waals surface area (Å²) < 4.78 is 27.9. The molecule has 0 saturated heterocycles. The molecule has 22 heavy (non-hydrogen) atoms. The van der Waals surface area contributed by atoms with E-state index >= 15 is 0 Å². The number of hydrazone groups is 1. The minimum absolute atomic E-state index is 0.0828. The molecule has 0 unspecified atom stereocenters. The van der Waals surface area contributed by atoms with Crippen LogP contribution in [0, 0.1) is 0 Å². The van der Waals surface area contributed by atoms with Crippen LogP contribution in [0.5, 0.6) is 0 Å². The van der Waals surface area contributed by atoms with Crippen LogP contribution < -0.4 is 10.5 Å². The van der Waals surface area contributed by atoms with Crippen molar-refractivity contribution in [3.63, 3.8) is 0 Å². The van der Waals surface area contributed by atoms with Gasteiger partial charge in [0.2, 0.25) is 5.96 Å². The Bertz CT molecular complexity index is 758. The monoisotopic (exact) mass is 385 g/mol. The van der Waals surface area contributed by atoms with Crippen molar-refractivity contribution < 1.29 is 8.42 Å². The van der Waals surface area contributed by atoms with Crippen molar-refractivity contribution in [1.82, 2.24) is 9.73 Å². The lowest BCUT2D eigenvalue weighted by Gasteiger charge is -2.18. The second kappa shape index (κ2) is 6.49. The summed E-state index contributed by atoms with van der Waals surface area (Å²) in [7, 11) is -3.79. The molecule has 3 N–H and O–H groups in total. The Labute approximate surface area is 137 Å². The van der Waals surface area contributed by atoms with Gasteiger partial charge < -0.3 is 5.73 Å². The Morgan fingerprint density at radius 3 is 2.86 bits per heavy atom. The van der Waals surface area contributed by atoms with Gasteiger partial charge in [-0.3, -0.25) is 4.99 Å². The van der Waals surface area contributed by atoms with Gasteiger partial charge in [-0.15, -0.1) is 0 Å². The largest absolute Gasteiger partial charge is 0.398 e. The predicted molar refractivity (Wildman–Crippen MR) is 91.2 cm³/mol. The first-order chi connectivity index (χ1) is 10.3. The Morgan fingerprint density at radius 1 is 1.59 bits per heavy atom. The first-order valence-electron chi connectivity index (χ1n) is 6.45. The fraction of sp³-hybridized carbons (Fsp3) is 0.231. The van der Waals surface area contributed by atoms with Gasteiger partial charge in [0.25, 0.3) is 10.0 Å². The summed E-state index contributed by atoms with van der Waals surface area (Å²) in [6.07, 6.45) is 1.57. The second-order valence-electron chi connectivity index (χ2n) is 4.55. The molecule has 1 heterocycles. The number of sulfonamides is 1. The molecule has 1 aliphatic rings. The molecule has 1 aromatic carbocycles. The maximum absolute atomic E-state index is 12.5. The van der Waals surface area contributed by atoms with Crippen molar-refractivity contribution >= 4 is 43.8 Å². The third-order valence-corrected chi connectivity index (χ3v) is 4.81. The molecule has 0 spiro atoms. The van der Waals surface area contributed by atoms with Gasteiger partial charge in [0.05, 0.1) is 17.7 Å². The molecule has 0 amide bonds. The van der Waals surface area contributed by atoms with E-state index in [2.05, 4.69) is 37.3 Å². The molecule has 0 aromatic heterocycles. The summed E-state index contributed by atoms with van der Waals surface area (Å²) in [5.74, 6) is 0.158. The zero-order chi connectivity index (χ0) is 16.3. The normalized spacial score (nSPS) is 15.5. The van der Waals surface area contributed by atoms with E-state index in [1.807, 2.05) is 6.92 Å². The van der Waals surface area contributed by atoms with Crippen LogP contribution in [0.1, 0.15) is 6.92 Å². The van der Waals surface area contributed by atoms with Gasteiger partial charge in [-0.25, -0.2) is 18.1 Å². The molecule has 0 radical (unpaired) electrons. The van der Waals surface area contributed by atoms with Crippen LogP contribution in [0.4, 0.5) is 5.69 Å². The molecule has 0 aliphatic carbocycles. The van der Waals surface area contributed by atoms with Gasteiger partial charge in [0, 0.05) is 16.7 Å². The van der Waals surface area contributed by atoms with E-state index in [1.54, 1.807) is 6.21 Å². The van der Waals surface area contributed by atoms with Crippen molar-refractivity contribution in [3.8, 4) is 0 Å². The van der Waals surface area contributed by atoms with E-state index < -0.39 is 10.0 Å². The SMILES string of the molecule is C=C1C=NN(C(=NCC)NS(=O)(=O)c2ccc(N)c(Br)c2)C1. The number of anilines is 1. The second-order valence-corrected chi connectivity index (χ2v) is 7.08. The summed E-state index contributed by atoms with van der Waals surface area (Å²) in [6, 6.07) is 4.39. The van der Waals surface area contributed by atoms with Gasteiger partial charge in [-0.05, 0) is 46.6 Å². The summed E-state index contributed by atoms with van der Waals surface area (Å²) in [5, 5.41) is 5.52. The molecule has 0 atom stereocenters. The lowest BCUT2D eigenvalue weighted by atomic mass is 10.3. The number of aliphatic imine (C=N–C) groups is 1. The molecular weight excluding hydrogens is 370 g/mol. The molecule has 2 rings (SSSR count). The average molecular weight is 386 g/mol. The highest BCUT2D eigenvalue weighted by Crippen LogP contribution is 2.23. The highest BCUT2D eigenvalue weighted by molar-refractivity contribution is 9.10. The van der Waals surface area contributed by atoms with Crippen molar-refractivity contribution in [2.75, 3.05) is 18.8 Å². The van der Waals surface area contributed by atoms with Crippen LogP contribution in [0.15, 0.2) is 49.8 Å². The molecule has 118 valence electrons. The van der Waals surface area contributed by atoms with Crippen molar-refractivity contribution in [3.05, 3.63) is 34.8 Å². The standard InChI is InChI=1S/C13H16BrN5O2S/c1-3-16-13(19-8-9(2)7-17-19)18-22(20,21)10-4-5-12(15)11(14)6-10/h4-7H,2-3,8,15H2,1H3,(H,16,18). The van der Waals surface area contributed by atoms with Crippen LogP contribution in [0.3, 0.4) is 0 Å². The third kappa shape index (κ3) is 3.66. The van der Waals surface area contributed by atoms with Gasteiger partial charge in [0.1, 0.15) is 0 Å². The van der Waals surface area contributed by atoms with E-state index in [9.17, 15) is 8.42 Å². The summed E-state index contributed by atoms with van der Waals surface area (Å²) in [6.45, 7) is 6.40. The number of nitrogens with two attached hydrogens (primary N) is 1. The van der Waals surface area contributed by atoms with E-state index in [1.165, 1.54) is 23.2 Å². The van der Waals surface area contributed by atoms with Crippen LogP contribution >= 0.6 is 15.9 Å². The minimum Gasteiger partial charge on any atom is -0.398 e. The molecule has 0 saturated carbocycles. The number of nitrogen functional groups attached to an aromatic ring is 1. The molecular formula is C13H16BrN5O2S. The van der Waals surface area contributed by atoms with Crippen molar-refractivity contribution in [1.29, 1.82) is 0 Å². The van der Waals surface area contributed by atoms with Crippen LogP contribution in [0.25, 0.3) is 0 Å². The number of hydrogen-bond acceptors (Lipinski definition) is 5. The highest BCUT2D eigenvalue weighted by atomic mass is 79.9. The van der Waals surface area contributed by atoms with Gasteiger partial charge in [-0.1, -0.05) is 6.58 Å². The van der Waals surface area contributed by atoms with Crippen molar-refractivity contribution in [2.24, 2.45) is 10.1 Å². The van der Waals surface area contributed by atoms with E-state index in [-0.39, 0.29) is 10.9 Å². The molecule has 9 heteroatoms. The fourth-order valence-corrected chi connectivity index (χ4v) is 3.30. The number of rotatable bonds is 3. The zero-order valence-electron chi connectivity index (χ0n) is 12.0. The summed E-state index contributed by atoms with van der Waals surface area (Å²) in [5.41, 5.74) is 6.91. The van der Waals surface area contributed by atoms with E-state index in [0.717, 1.165) is 5.57 Å². The zero-order valence-corrected chi connectivity index (χ0v) is 14.4. The fourth-order valence-electron chi connectivity index (χ4n) is 1.73. The number of nitrogens with one attached hydrogen (secondary N) is 1. The van der Waals surface area contributed by atoms with Crippen LogP contribution in [-0.2, 0) is 10.0 Å². The minimum atomic E-state index is -3.79. The molecule has 1 aliphatic heterocycles. The summed E-state index contributed by atoms with van der Waals surface area (Å²) >= 11 is 3.22. The maximum Gasteiger partial charge on any atom is 0.264 e. The first-order valence-corrected chi connectivity index (χ1v) is 8.72. The van der Waals surface area contributed by atoms with Crippen molar-refractivity contribution in [2.45, 2.75) is 11.8 Å². The Hall–Kier alpha value is -1.87. The lowest BCUT2D eigenvalue weighted by Crippen LogP contribution is -2.41. The number of guanidine groups is 1. The Morgan fingerprint density at radius 2 is 2.32 bits per heavy atom. The number of benzene rings is 1. The highest BCUT2D eigenvalue weighted by Gasteiger charge is 2.23. The van der Waals surface area contributed by atoms with Crippen LogP contribution in [-0.4, -0.2) is 38.7 Å². The van der Waals surface area contributed by atoms with Gasteiger partial charge >= 0.3 is 0 Å².